The third kappa shape index (κ3) is 4.81. The van der Waals surface area contributed by atoms with Crippen LogP contribution >= 0.6 is 0 Å². The highest BCUT2D eigenvalue weighted by molar-refractivity contribution is 6.23. The maximum Gasteiger partial charge on any atom is 0.0468 e. The molecule has 0 N–H and O–H groups in total. The van der Waals surface area contributed by atoms with E-state index in [1.165, 1.54) is 65.3 Å². The monoisotopic (exact) mass is 597 g/mol. The standard InChI is InChI=1S/C46H31N/c1-2-9-32(10-3-1)34-21-26-40(27-22-34)47(42-30-23-33-11-4-5-13-39(33)31-42)41-28-24-36(25-29-41)44-16-8-14-37-19-20-38-18-17-35-12-6-7-15-43(35)46(38)45(37)44/h1-31H. The van der Waals surface area contributed by atoms with E-state index in [2.05, 4.69) is 193 Å². The van der Waals surface area contributed by atoms with Gasteiger partial charge in [0.25, 0.3) is 0 Å². The minimum Gasteiger partial charge on any atom is -0.310 e. The van der Waals surface area contributed by atoms with Gasteiger partial charge in [0.2, 0.25) is 0 Å². The first-order valence-electron chi connectivity index (χ1n) is 16.2. The van der Waals surface area contributed by atoms with Crippen molar-refractivity contribution in [2.75, 3.05) is 4.90 Å². The number of benzene rings is 9. The Morgan fingerprint density at radius 1 is 0.277 bits per heavy atom. The summed E-state index contributed by atoms with van der Waals surface area (Å²) >= 11 is 0. The van der Waals surface area contributed by atoms with E-state index in [-0.39, 0.29) is 0 Å². The van der Waals surface area contributed by atoms with Crippen molar-refractivity contribution in [1.82, 2.24) is 0 Å². The largest absolute Gasteiger partial charge is 0.310 e. The maximum atomic E-state index is 2.36. The summed E-state index contributed by atoms with van der Waals surface area (Å²) in [5.74, 6) is 0. The zero-order valence-electron chi connectivity index (χ0n) is 25.8. The van der Waals surface area contributed by atoms with E-state index in [9.17, 15) is 0 Å². The van der Waals surface area contributed by atoms with E-state index in [1.54, 1.807) is 0 Å². The zero-order valence-corrected chi connectivity index (χ0v) is 25.8. The lowest BCUT2D eigenvalue weighted by molar-refractivity contribution is 1.29. The summed E-state index contributed by atoms with van der Waals surface area (Å²) in [6.45, 7) is 0. The van der Waals surface area contributed by atoms with E-state index in [0.717, 1.165) is 17.1 Å². The van der Waals surface area contributed by atoms with Crippen LogP contribution in [0.15, 0.2) is 188 Å². The summed E-state index contributed by atoms with van der Waals surface area (Å²) in [6, 6.07) is 68.2. The molecule has 0 saturated carbocycles. The van der Waals surface area contributed by atoms with Crippen molar-refractivity contribution in [2.45, 2.75) is 0 Å². The van der Waals surface area contributed by atoms with Crippen LogP contribution in [0.3, 0.4) is 0 Å². The zero-order chi connectivity index (χ0) is 31.2. The van der Waals surface area contributed by atoms with Crippen LogP contribution in [0.5, 0.6) is 0 Å². The average molecular weight is 598 g/mol. The first-order valence-corrected chi connectivity index (χ1v) is 16.2. The van der Waals surface area contributed by atoms with Gasteiger partial charge >= 0.3 is 0 Å². The topological polar surface area (TPSA) is 3.24 Å². The Bertz CT molecular complexity index is 2540. The molecular formula is C46H31N. The van der Waals surface area contributed by atoms with Crippen LogP contribution in [0, 0.1) is 0 Å². The molecule has 0 bridgehead atoms. The molecular weight excluding hydrogens is 567 g/mol. The first-order chi connectivity index (χ1) is 23.3. The van der Waals surface area contributed by atoms with E-state index in [1.807, 2.05) is 0 Å². The Balaban J connectivity index is 1.19. The lowest BCUT2D eigenvalue weighted by Crippen LogP contribution is -2.09. The number of fused-ring (bicyclic) bond motifs is 6. The van der Waals surface area contributed by atoms with Gasteiger partial charge in [-0.05, 0) is 102 Å². The number of anilines is 3. The van der Waals surface area contributed by atoms with E-state index in [0.29, 0.717) is 0 Å². The molecule has 0 heterocycles. The second-order valence-corrected chi connectivity index (χ2v) is 12.2. The van der Waals surface area contributed by atoms with Gasteiger partial charge in [0.05, 0.1) is 0 Å². The molecule has 0 unspecified atom stereocenters. The summed E-state index contributed by atoms with van der Waals surface area (Å²) in [5, 5.41) is 10.2. The molecule has 0 aliphatic heterocycles. The van der Waals surface area contributed by atoms with Gasteiger partial charge in [-0.15, -0.1) is 0 Å². The summed E-state index contributed by atoms with van der Waals surface area (Å²) in [5.41, 5.74) is 8.25. The van der Waals surface area contributed by atoms with E-state index in [4.69, 9.17) is 0 Å². The van der Waals surface area contributed by atoms with E-state index < -0.39 is 0 Å². The molecule has 0 radical (unpaired) electrons. The van der Waals surface area contributed by atoms with Gasteiger partial charge in [0.15, 0.2) is 0 Å². The van der Waals surface area contributed by atoms with Gasteiger partial charge in [-0.2, -0.15) is 0 Å². The molecule has 0 fully saturated rings. The van der Waals surface area contributed by atoms with Crippen LogP contribution < -0.4 is 4.90 Å². The number of rotatable bonds is 5. The predicted molar refractivity (Wildman–Crippen MR) is 202 cm³/mol. The SMILES string of the molecule is c1ccc(-c2ccc(N(c3ccc(-c4cccc5ccc6ccc7ccccc7c6c45)cc3)c3ccc4ccccc4c3)cc2)cc1. The molecule has 1 heteroatoms. The van der Waals surface area contributed by atoms with Crippen molar-refractivity contribution in [1.29, 1.82) is 0 Å². The Kier molecular flexibility index (Phi) is 6.54. The normalized spacial score (nSPS) is 11.4. The minimum atomic E-state index is 1.12. The third-order valence-corrected chi connectivity index (χ3v) is 9.41. The molecule has 9 aromatic rings. The Hall–Kier alpha value is -6.18. The van der Waals surface area contributed by atoms with Crippen LogP contribution in [-0.2, 0) is 0 Å². The molecule has 0 aromatic heterocycles. The van der Waals surface area contributed by atoms with Crippen LogP contribution in [-0.4, -0.2) is 0 Å². The van der Waals surface area contributed by atoms with Gasteiger partial charge in [0, 0.05) is 17.1 Å². The molecule has 0 saturated heterocycles. The molecule has 1 nitrogen and oxygen atoms in total. The van der Waals surface area contributed by atoms with Crippen molar-refractivity contribution in [3.63, 3.8) is 0 Å². The highest BCUT2D eigenvalue weighted by atomic mass is 15.1. The minimum absolute atomic E-state index is 1.12. The highest BCUT2D eigenvalue weighted by Crippen LogP contribution is 2.41. The van der Waals surface area contributed by atoms with Gasteiger partial charge in [-0.25, -0.2) is 0 Å². The fourth-order valence-electron chi connectivity index (χ4n) is 7.10. The van der Waals surface area contributed by atoms with Crippen LogP contribution in [0.25, 0.3) is 65.3 Å². The molecule has 9 aromatic carbocycles. The van der Waals surface area contributed by atoms with Crippen molar-refractivity contribution in [3.05, 3.63) is 188 Å². The molecule has 0 spiro atoms. The Morgan fingerprint density at radius 3 is 1.53 bits per heavy atom. The lowest BCUT2D eigenvalue weighted by Gasteiger charge is -2.26. The van der Waals surface area contributed by atoms with Crippen LogP contribution in [0.4, 0.5) is 17.1 Å². The summed E-state index contributed by atoms with van der Waals surface area (Å²) in [7, 11) is 0. The second kappa shape index (κ2) is 11.3. The number of hydrogen-bond donors (Lipinski definition) is 0. The fraction of sp³-hybridized carbons (Fsp3) is 0. The van der Waals surface area contributed by atoms with Gasteiger partial charge < -0.3 is 4.90 Å². The van der Waals surface area contributed by atoms with Crippen LogP contribution in [0.1, 0.15) is 0 Å². The number of nitrogens with zero attached hydrogens (tertiary/aromatic N) is 1. The molecule has 0 amide bonds. The quantitative estimate of drug-likeness (QED) is 0.178. The highest BCUT2D eigenvalue weighted by Gasteiger charge is 2.15. The first kappa shape index (κ1) is 27.2. The van der Waals surface area contributed by atoms with Crippen molar-refractivity contribution < 1.29 is 0 Å². The second-order valence-electron chi connectivity index (χ2n) is 12.2. The number of hydrogen-bond acceptors (Lipinski definition) is 1. The predicted octanol–water partition coefficient (Wildman–Crippen LogP) is 13.1. The van der Waals surface area contributed by atoms with Gasteiger partial charge in [-0.1, -0.05) is 152 Å². The molecule has 0 aliphatic carbocycles. The molecule has 0 aliphatic rings. The summed E-state index contributed by atoms with van der Waals surface area (Å²) in [4.78, 5) is 2.36. The maximum absolute atomic E-state index is 2.36. The Morgan fingerprint density at radius 2 is 0.787 bits per heavy atom. The van der Waals surface area contributed by atoms with Crippen molar-refractivity contribution in [2.24, 2.45) is 0 Å². The average Bonchev–Trinajstić information content (AvgIpc) is 3.15. The molecule has 9 rings (SSSR count). The fourth-order valence-corrected chi connectivity index (χ4v) is 7.10. The summed E-state index contributed by atoms with van der Waals surface area (Å²) < 4.78 is 0. The van der Waals surface area contributed by atoms with Crippen LogP contribution in [0.2, 0.25) is 0 Å². The van der Waals surface area contributed by atoms with Crippen molar-refractivity contribution >= 4 is 60.2 Å². The summed E-state index contributed by atoms with van der Waals surface area (Å²) in [6.07, 6.45) is 0. The lowest BCUT2D eigenvalue weighted by atomic mass is 9.91. The smallest absolute Gasteiger partial charge is 0.0468 e. The third-order valence-electron chi connectivity index (χ3n) is 9.41. The van der Waals surface area contributed by atoms with Gasteiger partial charge in [-0.3, -0.25) is 0 Å². The molecule has 0 atom stereocenters. The van der Waals surface area contributed by atoms with E-state index >= 15 is 0 Å². The molecule has 47 heavy (non-hydrogen) atoms. The van der Waals surface area contributed by atoms with Gasteiger partial charge in [0.1, 0.15) is 0 Å². The molecule has 220 valence electrons. The van der Waals surface area contributed by atoms with Crippen molar-refractivity contribution in [3.8, 4) is 22.3 Å². The Labute approximate surface area is 274 Å².